The molecule has 13 heavy (non-hydrogen) atoms. The molecule has 4 nitrogen and oxygen atoms in total. The zero-order valence-corrected chi connectivity index (χ0v) is 7.59. The van der Waals surface area contributed by atoms with Gasteiger partial charge in [0.1, 0.15) is 5.56 Å². The summed E-state index contributed by atoms with van der Waals surface area (Å²) < 4.78 is 4.70. The summed E-state index contributed by atoms with van der Waals surface area (Å²) in [5, 5.41) is 0. The molecule has 1 rings (SSSR count). The second-order valence-corrected chi connectivity index (χ2v) is 2.64. The third kappa shape index (κ3) is 2.18. The van der Waals surface area contributed by atoms with Gasteiger partial charge in [-0.3, -0.25) is 4.79 Å². The van der Waals surface area contributed by atoms with Crippen molar-refractivity contribution in [1.82, 2.24) is 4.98 Å². The van der Waals surface area contributed by atoms with E-state index in [0.717, 1.165) is 5.56 Å². The molecule has 4 heteroatoms. The number of esters is 1. The monoisotopic (exact) mass is 181 g/mol. The Kier molecular flexibility index (Phi) is 2.84. The Morgan fingerprint density at radius 1 is 1.62 bits per heavy atom. The van der Waals surface area contributed by atoms with Crippen LogP contribution in [0.4, 0.5) is 0 Å². The van der Waals surface area contributed by atoms with E-state index < -0.39 is 11.5 Å². The van der Waals surface area contributed by atoms with Crippen LogP contribution in [0.15, 0.2) is 17.1 Å². The molecule has 0 aliphatic heterocycles. The minimum Gasteiger partial charge on any atom is -0.462 e. The number of carbonyl (C=O) groups is 1. The fourth-order valence-corrected chi connectivity index (χ4v) is 0.952. The van der Waals surface area contributed by atoms with Crippen molar-refractivity contribution < 1.29 is 9.53 Å². The number of rotatable bonds is 2. The quantitative estimate of drug-likeness (QED) is 0.688. The van der Waals surface area contributed by atoms with Gasteiger partial charge < -0.3 is 9.72 Å². The first-order valence-corrected chi connectivity index (χ1v) is 4.01. The zero-order chi connectivity index (χ0) is 9.84. The van der Waals surface area contributed by atoms with E-state index in [4.69, 9.17) is 4.74 Å². The number of aromatic nitrogens is 1. The summed E-state index contributed by atoms with van der Waals surface area (Å²) in [4.78, 5) is 24.8. The maximum atomic E-state index is 11.2. The van der Waals surface area contributed by atoms with Gasteiger partial charge in [0, 0.05) is 6.20 Å². The smallest absolute Gasteiger partial charge is 0.343 e. The molecule has 0 saturated carbocycles. The van der Waals surface area contributed by atoms with E-state index in [2.05, 4.69) is 4.98 Å². The van der Waals surface area contributed by atoms with Gasteiger partial charge >= 0.3 is 5.97 Å². The van der Waals surface area contributed by atoms with Gasteiger partial charge in [-0.1, -0.05) is 0 Å². The topological polar surface area (TPSA) is 59.2 Å². The highest BCUT2D eigenvalue weighted by Crippen LogP contribution is 1.98. The van der Waals surface area contributed by atoms with E-state index >= 15 is 0 Å². The Morgan fingerprint density at radius 2 is 2.31 bits per heavy atom. The summed E-state index contributed by atoms with van der Waals surface area (Å²) in [6.45, 7) is 3.76. The summed E-state index contributed by atoms with van der Waals surface area (Å²) in [6, 6.07) is 1.51. The average molecular weight is 181 g/mol. The normalized spacial score (nSPS) is 9.69. The first-order valence-electron chi connectivity index (χ1n) is 4.01. The summed E-state index contributed by atoms with van der Waals surface area (Å²) in [5.74, 6) is -0.576. The van der Waals surface area contributed by atoms with Crippen LogP contribution in [-0.4, -0.2) is 17.6 Å². The molecule has 1 N–H and O–H groups in total. The molecule has 70 valence electrons. The Hall–Kier alpha value is -1.58. The molecule has 0 aliphatic rings. The fraction of sp³-hybridized carbons (Fsp3) is 0.333. The molecule has 1 heterocycles. The largest absolute Gasteiger partial charge is 0.462 e. The van der Waals surface area contributed by atoms with Crippen LogP contribution < -0.4 is 5.56 Å². The van der Waals surface area contributed by atoms with Gasteiger partial charge in [-0.15, -0.1) is 0 Å². The first kappa shape index (κ1) is 9.51. The van der Waals surface area contributed by atoms with Gasteiger partial charge in [0.25, 0.3) is 5.56 Å². The highest BCUT2D eigenvalue weighted by atomic mass is 16.5. The van der Waals surface area contributed by atoms with Crippen molar-refractivity contribution in [3.8, 4) is 0 Å². The lowest BCUT2D eigenvalue weighted by Crippen LogP contribution is -2.19. The maximum absolute atomic E-state index is 11.2. The van der Waals surface area contributed by atoms with Crippen LogP contribution in [0.3, 0.4) is 0 Å². The standard InChI is InChI=1S/C9H11NO3/c1-3-13-9(12)7-4-6(2)5-10-8(7)11/h4-5H,3H2,1-2H3,(H,10,11). The van der Waals surface area contributed by atoms with E-state index in [-0.39, 0.29) is 12.2 Å². The van der Waals surface area contributed by atoms with Gasteiger partial charge in [0.2, 0.25) is 0 Å². The molecule has 0 aromatic carbocycles. The predicted molar refractivity (Wildman–Crippen MR) is 47.8 cm³/mol. The lowest BCUT2D eigenvalue weighted by atomic mass is 10.2. The lowest BCUT2D eigenvalue weighted by Gasteiger charge is -2.00. The summed E-state index contributed by atoms with van der Waals surface area (Å²) >= 11 is 0. The summed E-state index contributed by atoms with van der Waals surface area (Å²) in [5.41, 5.74) is 0.466. The third-order valence-electron chi connectivity index (χ3n) is 1.54. The molecular formula is C9H11NO3. The van der Waals surface area contributed by atoms with Crippen molar-refractivity contribution in [2.24, 2.45) is 0 Å². The second kappa shape index (κ2) is 3.89. The molecule has 0 bridgehead atoms. The van der Waals surface area contributed by atoms with Crippen LogP contribution in [0.1, 0.15) is 22.8 Å². The highest BCUT2D eigenvalue weighted by molar-refractivity contribution is 5.89. The number of ether oxygens (including phenoxy) is 1. The Bertz CT molecular complexity index is 367. The molecule has 0 aliphatic carbocycles. The Morgan fingerprint density at radius 3 is 2.92 bits per heavy atom. The van der Waals surface area contributed by atoms with Crippen LogP contribution in [0.25, 0.3) is 0 Å². The number of carbonyl (C=O) groups excluding carboxylic acids is 1. The van der Waals surface area contributed by atoms with E-state index in [1.54, 1.807) is 20.0 Å². The van der Waals surface area contributed by atoms with Gasteiger partial charge in [0.05, 0.1) is 6.61 Å². The molecule has 1 aromatic heterocycles. The second-order valence-electron chi connectivity index (χ2n) is 2.64. The van der Waals surface area contributed by atoms with Crippen LogP contribution in [-0.2, 0) is 4.74 Å². The van der Waals surface area contributed by atoms with Gasteiger partial charge in [0.15, 0.2) is 0 Å². The SMILES string of the molecule is CCOC(=O)c1cc(C)c[nH]c1=O. The molecule has 0 fully saturated rings. The number of aryl methyl sites for hydroxylation is 1. The molecule has 0 saturated heterocycles. The summed E-state index contributed by atoms with van der Waals surface area (Å²) in [6.07, 6.45) is 1.55. The molecule has 0 unspecified atom stereocenters. The van der Waals surface area contributed by atoms with Crippen LogP contribution in [0, 0.1) is 6.92 Å². The molecule has 0 spiro atoms. The highest BCUT2D eigenvalue weighted by Gasteiger charge is 2.10. The fourth-order valence-electron chi connectivity index (χ4n) is 0.952. The molecule has 1 aromatic rings. The van der Waals surface area contributed by atoms with Crippen molar-refractivity contribution in [2.75, 3.05) is 6.61 Å². The van der Waals surface area contributed by atoms with Crippen molar-refractivity contribution >= 4 is 5.97 Å². The zero-order valence-electron chi connectivity index (χ0n) is 7.59. The predicted octanol–water partition coefficient (Wildman–Crippen LogP) is 0.860. The number of hydrogen-bond acceptors (Lipinski definition) is 3. The molecule has 0 amide bonds. The van der Waals surface area contributed by atoms with Gasteiger partial charge in [-0.05, 0) is 25.5 Å². The number of H-pyrrole nitrogens is 1. The van der Waals surface area contributed by atoms with E-state index in [1.807, 2.05) is 0 Å². The summed E-state index contributed by atoms with van der Waals surface area (Å²) in [7, 11) is 0. The Labute approximate surface area is 75.5 Å². The number of aromatic amines is 1. The van der Waals surface area contributed by atoms with Gasteiger partial charge in [-0.25, -0.2) is 4.79 Å². The van der Waals surface area contributed by atoms with Crippen molar-refractivity contribution in [1.29, 1.82) is 0 Å². The van der Waals surface area contributed by atoms with Crippen LogP contribution in [0.2, 0.25) is 0 Å². The van der Waals surface area contributed by atoms with E-state index in [1.165, 1.54) is 6.07 Å². The van der Waals surface area contributed by atoms with Gasteiger partial charge in [-0.2, -0.15) is 0 Å². The van der Waals surface area contributed by atoms with Crippen molar-refractivity contribution in [2.45, 2.75) is 13.8 Å². The van der Waals surface area contributed by atoms with E-state index in [0.29, 0.717) is 0 Å². The minimum absolute atomic E-state index is 0.0573. The first-order chi connectivity index (χ1) is 6.15. The van der Waals surface area contributed by atoms with Crippen molar-refractivity contribution in [3.63, 3.8) is 0 Å². The lowest BCUT2D eigenvalue weighted by molar-refractivity contribution is 0.0524. The number of nitrogens with one attached hydrogen (secondary N) is 1. The molecular weight excluding hydrogens is 170 g/mol. The third-order valence-corrected chi connectivity index (χ3v) is 1.54. The number of hydrogen-bond donors (Lipinski definition) is 1. The molecule has 0 atom stereocenters. The van der Waals surface area contributed by atoms with Crippen molar-refractivity contribution in [3.05, 3.63) is 33.7 Å². The molecule has 0 radical (unpaired) electrons. The number of pyridine rings is 1. The maximum Gasteiger partial charge on any atom is 0.343 e. The van der Waals surface area contributed by atoms with Crippen LogP contribution >= 0.6 is 0 Å². The minimum atomic E-state index is -0.576. The van der Waals surface area contributed by atoms with E-state index in [9.17, 15) is 9.59 Å². The average Bonchev–Trinajstić information content (AvgIpc) is 2.09. The Balaban J connectivity index is 3.06. The van der Waals surface area contributed by atoms with Crippen LogP contribution in [0.5, 0.6) is 0 Å².